The van der Waals surface area contributed by atoms with E-state index < -0.39 is 5.97 Å². The molecule has 2 saturated heterocycles. The molecule has 3 rings (SSSR count). The van der Waals surface area contributed by atoms with Crippen LogP contribution in [0, 0.1) is 12.8 Å². The molecule has 2 fully saturated rings. The Morgan fingerprint density at radius 1 is 1.40 bits per heavy atom. The molecule has 2 atom stereocenters. The van der Waals surface area contributed by atoms with Crippen molar-refractivity contribution in [1.82, 2.24) is 10.1 Å². The Balaban J connectivity index is 1.74. The number of amides is 1. The molecule has 1 aromatic rings. The summed E-state index contributed by atoms with van der Waals surface area (Å²) in [6, 6.07) is 1.96. The summed E-state index contributed by atoms with van der Waals surface area (Å²) in [6.07, 6.45) is 3.68. The third kappa shape index (κ3) is 2.30. The number of carboxylic acids is 1. The van der Waals surface area contributed by atoms with Crippen molar-refractivity contribution in [2.75, 3.05) is 0 Å². The van der Waals surface area contributed by atoms with Gasteiger partial charge in [-0.2, -0.15) is 0 Å². The smallest absolute Gasteiger partial charge is 0.303 e. The van der Waals surface area contributed by atoms with E-state index in [1.807, 2.05) is 4.90 Å². The lowest BCUT2D eigenvalue weighted by Gasteiger charge is -2.38. The maximum atomic E-state index is 12.5. The molecule has 20 heavy (non-hydrogen) atoms. The number of aliphatic carboxylic acids is 1. The second kappa shape index (κ2) is 4.92. The van der Waals surface area contributed by atoms with Crippen molar-refractivity contribution < 1.29 is 19.2 Å². The van der Waals surface area contributed by atoms with Gasteiger partial charge in [0.2, 0.25) is 5.76 Å². The first-order valence-electron chi connectivity index (χ1n) is 7.02. The van der Waals surface area contributed by atoms with E-state index in [1.165, 1.54) is 0 Å². The second-order valence-electron chi connectivity index (χ2n) is 5.87. The molecule has 1 amide bonds. The van der Waals surface area contributed by atoms with Crippen LogP contribution in [0.3, 0.4) is 0 Å². The Kier molecular flexibility index (Phi) is 3.23. The third-order valence-electron chi connectivity index (χ3n) is 4.37. The van der Waals surface area contributed by atoms with Gasteiger partial charge < -0.3 is 14.5 Å². The van der Waals surface area contributed by atoms with Gasteiger partial charge in [-0.25, -0.2) is 0 Å². The predicted molar refractivity (Wildman–Crippen MR) is 69.2 cm³/mol. The molecule has 108 valence electrons. The lowest BCUT2D eigenvalue weighted by atomic mass is 9.88. The summed E-state index contributed by atoms with van der Waals surface area (Å²) in [5.41, 5.74) is 0.696. The molecule has 2 aliphatic rings. The summed E-state index contributed by atoms with van der Waals surface area (Å²) in [6.45, 7) is 1.79. The molecule has 2 unspecified atom stereocenters. The van der Waals surface area contributed by atoms with Gasteiger partial charge in [0, 0.05) is 24.6 Å². The fourth-order valence-electron chi connectivity index (χ4n) is 3.63. The summed E-state index contributed by atoms with van der Waals surface area (Å²) in [7, 11) is 0. The fourth-order valence-corrected chi connectivity index (χ4v) is 3.63. The Morgan fingerprint density at radius 3 is 2.55 bits per heavy atom. The second-order valence-corrected chi connectivity index (χ2v) is 5.87. The number of nitrogens with zero attached hydrogens (tertiary/aromatic N) is 2. The Labute approximate surface area is 116 Å². The van der Waals surface area contributed by atoms with E-state index >= 15 is 0 Å². The zero-order valence-electron chi connectivity index (χ0n) is 11.4. The van der Waals surface area contributed by atoms with Gasteiger partial charge in [-0.05, 0) is 38.5 Å². The van der Waals surface area contributed by atoms with Gasteiger partial charge in [-0.1, -0.05) is 5.16 Å². The van der Waals surface area contributed by atoms with Crippen molar-refractivity contribution in [1.29, 1.82) is 0 Å². The molecule has 6 nitrogen and oxygen atoms in total. The summed E-state index contributed by atoms with van der Waals surface area (Å²) in [5.74, 6) is -0.381. The summed E-state index contributed by atoms with van der Waals surface area (Å²) >= 11 is 0. The standard InChI is InChI=1S/C14H18N2O4/c1-8-4-12(20-15-8)14(19)16-10-2-3-11(16)6-9(5-10)7-13(17)18/h4,9-11H,2-3,5-7H2,1H3,(H,17,18). The van der Waals surface area contributed by atoms with Crippen LogP contribution in [-0.2, 0) is 4.79 Å². The summed E-state index contributed by atoms with van der Waals surface area (Å²) in [5, 5.41) is 12.7. The minimum atomic E-state index is -0.750. The highest BCUT2D eigenvalue weighted by Gasteiger charge is 2.44. The lowest BCUT2D eigenvalue weighted by molar-refractivity contribution is -0.138. The summed E-state index contributed by atoms with van der Waals surface area (Å²) in [4.78, 5) is 25.2. The molecule has 2 bridgehead atoms. The van der Waals surface area contributed by atoms with Gasteiger partial charge in [0.1, 0.15) is 0 Å². The number of rotatable bonds is 3. The first-order chi connectivity index (χ1) is 9.54. The van der Waals surface area contributed by atoms with E-state index in [0.29, 0.717) is 5.69 Å². The number of carbonyl (C=O) groups excluding carboxylic acids is 1. The SMILES string of the molecule is Cc1cc(C(=O)N2C3CCC2CC(CC(=O)O)C3)on1. The monoisotopic (exact) mass is 278 g/mol. The number of carbonyl (C=O) groups is 2. The number of carboxylic acid groups (broad SMARTS) is 1. The summed E-state index contributed by atoms with van der Waals surface area (Å²) < 4.78 is 5.06. The van der Waals surface area contributed by atoms with Crippen LogP contribution < -0.4 is 0 Å². The van der Waals surface area contributed by atoms with Crippen LogP contribution in [-0.4, -0.2) is 39.1 Å². The van der Waals surface area contributed by atoms with Crippen molar-refractivity contribution in [3.8, 4) is 0 Å². The van der Waals surface area contributed by atoms with Gasteiger partial charge in [-0.15, -0.1) is 0 Å². The molecule has 3 heterocycles. The highest BCUT2D eigenvalue weighted by atomic mass is 16.5. The number of piperidine rings is 1. The third-order valence-corrected chi connectivity index (χ3v) is 4.37. The van der Waals surface area contributed by atoms with E-state index in [4.69, 9.17) is 9.63 Å². The van der Waals surface area contributed by atoms with Gasteiger partial charge in [0.25, 0.3) is 5.91 Å². The number of aromatic nitrogens is 1. The normalized spacial score (nSPS) is 28.6. The quantitative estimate of drug-likeness (QED) is 0.912. The van der Waals surface area contributed by atoms with Crippen molar-refractivity contribution in [2.24, 2.45) is 5.92 Å². The molecule has 0 radical (unpaired) electrons. The highest BCUT2D eigenvalue weighted by Crippen LogP contribution is 2.40. The fraction of sp³-hybridized carbons (Fsp3) is 0.643. The largest absolute Gasteiger partial charge is 0.481 e. The molecule has 1 aromatic heterocycles. The van der Waals surface area contributed by atoms with Crippen molar-refractivity contribution >= 4 is 11.9 Å². The molecule has 0 aromatic carbocycles. The molecule has 0 spiro atoms. The predicted octanol–water partition coefficient (Wildman–Crippen LogP) is 1.84. The minimum absolute atomic E-state index is 0.105. The van der Waals surface area contributed by atoms with Gasteiger partial charge in [0.15, 0.2) is 0 Å². The van der Waals surface area contributed by atoms with Crippen LogP contribution >= 0.6 is 0 Å². The van der Waals surface area contributed by atoms with Crippen molar-refractivity contribution in [3.63, 3.8) is 0 Å². The first kappa shape index (κ1) is 13.1. The van der Waals surface area contributed by atoms with Crippen LogP contribution in [0.1, 0.15) is 48.4 Å². The minimum Gasteiger partial charge on any atom is -0.481 e. The van der Waals surface area contributed by atoms with E-state index in [0.717, 1.165) is 25.7 Å². The van der Waals surface area contributed by atoms with Crippen molar-refractivity contribution in [2.45, 2.75) is 51.1 Å². The molecule has 2 aliphatic heterocycles. The lowest BCUT2D eigenvalue weighted by Crippen LogP contribution is -2.46. The van der Waals surface area contributed by atoms with E-state index in [1.54, 1.807) is 13.0 Å². The van der Waals surface area contributed by atoms with Gasteiger partial charge >= 0.3 is 5.97 Å². The molecular weight excluding hydrogens is 260 g/mol. The van der Waals surface area contributed by atoms with E-state index in [-0.39, 0.29) is 36.1 Å². The molecule has 0 aliphatic carbocycles. The topological polar surface area (TPSA) is 83.6 Å². The average Bonchev–Trinajstić information content (AvgIpc) is 2.91. The Morgan fingerprint density at radius 2 is 2.05 bits per heavy atom. The van der Waals surface area contributed by atoms with Crippen LogP contribution in [0.15, 0.2) is 10.6 Å². The highest BCUT2D eigenvalue weighted by molar-refractivity contribution is 5.92. The van der Waals surface area contributed by atoms with Crippen LogP contribution in [0.25, 0.3) is 0 Å². The van der Waals surface area contributed by atoms with Crippen molar-refractivity contribution in [3.05, 3.63) is 17.5 Å². The van der Waals surface area contributed by atoms with Gasteiger partial charge in [-0.3, -0.25) is 9.59 Å². The van der Waals surface area contributed by atoms with E-state index in [2.05, 4.69) is 5.16 Å². The maximum absolute atomic E-state index is 12.5. The van der Waals surface area contributed by atoms with Crippen LogP contribution in [0.5, 0.6) is 0 Å². The van der Waals surface area contributed by atoms with Crippen LogP contribution in [0.4, 0.5) is 0 Å². The number of hydrogen-bond acceptors (Lipinski definition) is 4. The Hall–Kier alpha value is -1.85. The van der Waals surface area contributed by atoms with Crippen LogP contribution in [0.2, 0.25) is 0 Å². The van der Waals surface area contributed by atoms with Gasteiger partial charge in [0.05, 0.1) is 5.69 Å². The molecule has 0 saturated carbocycles. The zero-order valence-corrected chi connectivity index (χ0v) is 11.4. The first-order valence-corrected chi connectivity index (χ1v) is 7.02. The van der Waals surface area contributed by atoms with E-state index in [9.17, 15) is 9.59 Å². The number of hydrogen-bond donors (Lipinski definition) is 1. The molecular formula is C14H18N2O4. The maximum Gasteiger partial charge on any atom is 0.303 e. The number of aryl methyl sites for hydroxylation is 1. The number of fused-ring (bicyclic) bond motifs is 2. The molecule has 6 heteroatoms. The zero-order chi connectivity index (χ0) is 14.3. The Bertz CT molecular complexity index is 525. The molecule has 1 N–H and O–H groups in total. The average molecular weight is 278 g/mol.